The Morgan fingerprint density at radius 2 is 1.69 bits per heavy atom. The summed E-state index contributed by atoms with van der Waals surface area (Å²) in [6, 6.07) is 13.4. The van der Waals surface area contributed by atoms with Gasteiger partial charge in [-0.15, -0.1) is 0 Å². The van der Waals surface area contributed by atoms with Crippen LogP contribution in [0.3, 0.4) is 0 Å². The fourth-order valence-electron chi connectivity index (χ4n) is 3.72. The molecule has 6 nitrogen and oxygen atoms in total. The first-order valence-electron chi connectivity index (χ1n) is 9.25. The van der Waals surface area contributed by atoms with Crippen LogP contribution in [-0.2, 0) is 9.59 Å². The van der Waals surface area contributed by atoms with E-state index in [9.17, 15) is 14.4 Å². The van der Waals surface area contributed by atoms with E-state index in [-0.39, 0.29) is 23.6 Å². The van der Waals surface area contributed by atoms with Gasteiger partial charge in [-0.1, -0.05) is 17.7 Å². The third-order valence-electron chi connectivity index (χ3n) is 5.30. The van der Waals surface area contributed by atoms with Crippen LogP contribution >= 0.6 is 11.6 Å². The van der Waals surface area contributed by atoms with Gasteiger partial charge in [0.15, 0.2) is 0 Å². The number of methoxy groups -OCH3 is 1. The summed E-state index contributed by atoms with van der Waals surface area (Å²) in [6.45, 7) is 0. The molecular weight excluding hydrogens is 392 g/mol. The van der Waals surface area contributed by atoms with Crippen molar-refractivity contribution < 1.29 is 19.1 Å². The van der Waals surface area contributed by atoms with E-state index in [0.717, 1.165) is 0 Å². The van der Waals surface area contributed by atoms with Crippen molar-refractivity contribution in [3.05, 3.63) is 65.2 Å². The highest BCUT2D eigenvalue weighted by molar-refractivity contribution is 6.30. The Labute approximate surface area is 173 Å². The van der Waals surface area contributed by atoms with E-state index in [2.05, 4.69) is 5.32 Å². The maximum atomic E-state index is 12.7. The van der Waals surface area contributed by atoms with Gasteiger partial charge >= 0.3 is 0 Å². The van der Waals surface area contributed by atoms with E-state index in [1.54, 1.807) is 55.6 Å². The lowest BCUT2D eigenvalue weighted by Gasteiger charge is -2.17. The van der Waals surface area contributed by atoms with Crippen LogP contribution in [0.25, 0.3) is 0 Å². The molecule has 0 aromatic heterocycles. The predicted molar refractivity (Wildman–Crippen MR) is 110 cm³/mol. The maximum absolute atomic E-state index is 12.7. The van der Waals surface area contributed by atoms with Crippen molar-refractivity contribution in [1.82, 2.24) is 0 Å². The fraction of sp³-hybridized carbons (Fsp3) is 0.227. The molecule has 2 aromatic rings. The molecule has 0 bridgehead atoms. The highest BCUT2D eigenvalue weighted by atomic mass is 35.5. The Morgan fingerprint density at radius 3 is 2.34 bits per heavy atom. The molecule has 2 aliphatic rings. The van der Waals surface area contributed by atoms with E-state index in [1.807, 2.05) is 6.08 Å². The minimum absolute atomic E-state index is 0.212. The Kier molecular flexibility index (Phi) is 5.11. The third kappa shape index (κ3) is 3.63. The fourth-order valence-corrected chi connectivity index (χ4v) is 3.98. The first-order valence-corrected chi connectivity index (χ1v) is 9.63. The van der Waals surface area contributed by atoms with Gasteiger partial charge in [0, 0.05) is 16.3 Å². The smallest absolute Gasteiger partial charge is 0.255 e. The van der Waals surface area contributed by atoms with Gasteiger partial charge in [-0.2, -0.15) is 0 Å². The largest absolute Gasteiger partial charge is 0.497 e. The lowest BCUT2D eigenvalue weighted by molar-refractivity contribution is -0.122. The number of rotatable bonds is 4. The Hall–Kier alpha value is -3.12. The second kappa shape index (κ2) is 7.72. The first-order chi connectivity index (χ1) is 14.0. The van der Waals surface area contributed by atoms with Crippen molar-refractivity contribution in [3.63, 3.8) is 0 Å². The highest BCUT2D eigenvalue weighted by Gasteiger charge is 2.48. The molecule has 4 rings (SSSR count). The van der Waals surface area contributed by atoms with Gasteiger partial charge in [-0.3, -0.25) is 19.3 Å². The van der Waals surface area contributed by atoms with Crippen LogP contribution in [0.4, 0.5) is 11.4 Å². The second-order valence-electron chi connectivity index (χ2n) is 7.05. The number of anilines is 2. The molecule has 2 atom stereocenters. The van der Waals surface area contributed by atoms with Crippen molar-refractivity contribution >= 4 is 40.7 Å². The number of halogens is 1. The molecule has 1 N–H and O–H groups in total. The Morgan fingerprint density at radius 1 is 1.03 bits per heavy atom. The quantitative estimate of drug-likeness (QED) is 0.774. The number of hydrogen-bond acceptors (Lipinski definition) is 4. The summed E-state index contributed by atoms with van der Waals surface area (Å²) in [7, 11) is 1.57. The molecule has 148 valence electrons. The van der Waals surface area contributed by atoms with Crippen molar-refractivity contribution in [2.75, 3.05) is 17.3 Å². The van der Waals surface area contributed by atoms with Crippen molar-refractivity contribution in [3.8, 4) is 5.75 Å². The summed E-state index contributed by atoms with van der Waals surface area (Å²) in [6.07, 6.45) is 2.69. The molecule has 0 spiro atoms. The molecule has 0 unspecified atom stereocenters. The lowest BCUT2D eigenvalue weighted by atomic mass is 9.85. The monoisotopic (exact) mass is 410 g/mol. The summed E-state index contributed by atoms with van der Waals surface area (Å²) in [5.41, 5.74) is 1.52. The van der Waals surface area contributed by atoms with Gasteiger partial charge in [-0.25, -0.2) is 0 Å². The second-order valence-corrected chi connectivity index (χ2v) is 7.53. The number of benzene rings is 2. The summed E-state index contributed by atoms with van der Waals surface area (Å²) in [5, 5.41) is 3.42. The summed E-state index contributed by atoms with van der Waals surface area (Å²) in [4.78, 5) is 39.1. The summed E-state index contributed by atoms with van der Waals surface area (Å²) >= 11 is 6.06. The van der Waals surface area contributed by atoms with Crippen LogP contribution in [0.2, 0.25) is 0 Å². The molecule has 1 heterocycles. The summed E-state index contributed by atoms with van der Waals surface area (Å²) in [5.74, 6) is -0.798. The van der Waals surface area contributed by atoms with E-state index in [1.165, 1.54) is 4.90 Å². The number of nitrogens with one attached hydrogen (secondary N) is 1. The number of nitrogens with zero attached hydrogens (tertiary/aromatic N) is 1. The number of carbonyl (C=O) groups is 3. The number of carbonyl (C=O) groups excluding carboxylic acids is 3. The first kappa shape index (κ1) is 19.2. The van der Waals surface area contributed by atoms with Crippen LogP contribution in [0.15, 0.2) is 59.6 Å². The summed E-state index contributed by atoms with van der Waals surface area (Å²) < 4.78 is 5.10. The van der Waals surface area contributed by atoms with Crippen molar-refractivity contribution in [2.45, 2.75) is 12.8 Å². The number of hydrogen-bond donors (Lipinski definition) is 1. The van der Waals surface area contributed by atoms with Gasteiger partial charge in [-0.05, 0) is 61.4 Å². The van der Waals surface area contributed by atoms with Gasteiger partial charge in [0.25, 0.3) is 5.91 Å². The average molecular weight is 411 g/mol. The van der Waals surface area contributed by atoms with E-state index in [4.69, 9.17) is 16.3 Å². The zero-order chi connectivity index (χ0) is 20.5. The molecule has 7 heteroatoms. The standard InChI is InChI=1S/C22H19ClN2O4/c1-29-17-9-5-15(6-10-17)24-20(26)13-2-7-16(8-3-13)25-21(27)18-11-4-14(23)12-19(18)22(25)28/h2-10,18-19H,11-12H2,1H3,(H,24,26)/t18-,19-/m0/s1. The molecule has 3 amide bonds. The molecular formula is C22H19ClN2O4. The number of amides is 3. The van der Waals surface area contributed by atoms with E-state index < -0.39 is 5.92 Å². The van der Waals surface area contributed by atoms with E-state index >= 15 is 0 Å². The van der Waals surface area contributed by atoms with Crippen LogP contribution in [0, 0.1) is 11.8 Å². The van der Waals surface area contributed by atoms with Crippen molar-refractivity contribution in [2.24, 2.45) is 11.8 Å². The minimum Gasteiger partial charge on any atom is -0.497 e. The molecule has 0 radical (unpaired) electrons. The highest BCUT2D eigenvalue weighted by Crippen LogP contribution is 2.40. The molecule has 1 saturated heterocycles. The van der Waals surface area contributed by atoms with Crippen LogP contribution in [-0.4, -0.2) is 24.8 Å². The van der Waals surface area contributed by atoms with Gasteiger partial charge < -0.3 is 10.1 Å². The van der Waals surface area contributed by atoms with Gasteiger partial charge in [0.05, 0.1) is 24.6 Å². The predicted octanol–water partition coefficient (Wildman–Crippen LogP) is 3.97. The number of fused-ring (bicyclic) bond motifs is 1. The molecule has 1 aliphatic heterocycles. The Bertz CT molecular complexity index is 998. The maximum Gasteiger partial charge on any atom is 0.255 e. The zero-order valence-electron chi connectivity index (χ0n) is 15.7. The Balaban J connectivity index is 1.48. The number of ether oxygens (including phenoxy) is 1. The van der Waals surface area contributed by atoms with E-state index in [0.29, 0.717) is 40.6 Å². The molecule has 2 aromatic carbocycles. The van der Waals surface area contributed by atoms with Crippen LogP contribution < -0.4 is 15.0 Å². The number of imide groups is 1. The SMILES string of the molecule is COc1ccc(NC(=O)c2ccc(N3C(=O)[C@H]4CC=C(Cl)C[C@@H]4C3=O)cc2)cc1. The number of allylic oxidation sites excluding steroid dienone is 2. The molecule has 0 saturated carbocycles. The van der Waals surface area contributed by atoms with Gasteiger partial charge in [0.1, 0.15) is 5.75 Å². The minimum atomic E-state index is -0.405. The average Bonchev–Trinajstić information content (AvgIpc) is 2.98. The van der Waals surface area contributed by atoms with Gasteiger partial charge in [0.2, 0.25) is 11.8 Å². The zero-order valence-corrected chi connectivity index (χ0v) is 16.5. The van der Waals surface area contributed by atoms with Crippen LogP contribution in [0.1, 0.15) is 23.2 Å². The normalized spacial score (nSPS) is 20.9. The van der Waals surface area contributed by atoms with Crippen LogP contribution in [0.5, 0.6) is 5.75 Å². The van der Waals surface area contributed by atoms with Crippen molar-refractivity contribution in [1.29, 1.82) is 0 Å². The topological polar surface area (TPSA) is 75.7 Å². The third-order valence-corrected chi connectivity index (χ3v) is 5.61. The lowest BCUT2D eigenvalue weighted by Crippen LogP contribution is -2.30. The molecule has 29 heavy (non-hydrogen) atoms. The molecule has 1 fully saturated rings. The molecule has 1 aliphatic carbocycles.